The van der Waals surface area contributed by atoms with Crippen molar-refractivity contribution in [3.8, 4) is 5.75 Å². The number of aryl methyl sites for hydroxylation is 2. The van der Waals surface area contributed by atoms with Gasteiger partial charge in [0, 0.05) is 0 Å². The van der Waals surface area contributed by atoms with Crippen molar-refractivity contribution < 1.29 is 30.6 Å². The number of alkyl halides is 3. The van der Waals surface area contributed by atoms with Crippen LogP contribution in [0, 0.1) is 13.8 Å². The van der Waals surface area contributed by atoms with Crippen molar-refractivity contribution in [3.05, 3.63) is 28.8 Å². The summed E-state index contributed by atoms with van der Waals surface area (Å²) in [4.78, 5) is 10.8. The molecule has 100 valence electrons. The fraction of sp³-hybridized carbons (Fsp3) is 0.300. The van der Waals surface area contributed by atoms with Gasteiger partial charge in [0.1, 0.15) is 0 Å². The minimum atomic E-state index is -5.78. The van der Waals surface area contributed by atoms with Gasteiger partial charge in [-0.15, -0.1) is 0 Å². The predicted molar refractivity (Wildman–Crippen MR) is 56.9 cm³/mol. The van der Waals surface area contributed by atoms with Crippen molar-refractivity contribution >= 4 is 16.4 Å². The molecule has 1 aromatic rings. The van der Waals surface area contributed by atoms with E-state index in [0.29, 0.717) is 5.56 Å². The first kappa shape index (κ1) is 14.5. The zero-order chi connectivity index (χ0) is 14.1. The molecule has 0 atom stereocenters. The summed E-state index contributed by atoms with van der Waals surface area (Å²) >= 11 is 0. The molecule has 0 unspecified atom stereocenters. The summed E-state index contributed by atoms with van der Waals surface area (Å²) in [6.07, 6.45) is 0.254. The summed E-state index contributed by atoms with van der Waals surface area (Å²) < 4.78 is 62.4. The summed E-state index contributed by atoms with van der Waals surface area (Å²) in [5.41, 5.74) is -5.31. The predicted octanol–water partition coefficient (Wildman–Crippen LogP) is 2.34. The van der Waals surface area contributed by atoms with Gasteiger partial charge in [0.25, 0.3) is 0 Å². The van der Waals surface area contributed by atoms with E-state index in [9.17, 15) is 26.4 Å². The molecule has 0 saturated heterocycles. The molecule has 0 aliphatic carbocycles. The molecule has 0 amide bonds. The largest absolute Gasteiger partial charge is 0.534 e. The smallest absolute Gasteiger partial charge is 0.375 e. The van der Waals surface area contributed by atoms with E-state index in [2.05, 4.69) is 4.18 Å². The second-order valence-electron chi connectivity index (χ2n) is 3.54. The summed E-state index contributed by atoms with van der Waals surface area (Å²) in [5, 5.41) is 0. The van der Waals surface area contributed by atoms with Gasteiger partial charge >= 0.3 is 15.6 Å². The third kappa shape index (κ3) is 2.63. The lowest BCUT2D eigenvalue weighted by Gasteiger charge is -2.14. The Morgan fingerprint density at radius 3 is 2.11 bits per heavy atom. The van der Waals surface area contributed by atoms with E-state index in [1.165, 1.54) is 26.0 Å². The van der Waals surface area contributed by atoms with Crippen molar-refractivity contribution in [2.24, 2.45) is 0 Å². The lowest BCUT2D eigenvalue weighted by molar-refractivity contribution is -0.0500. The van der Waals surface area contributed by atoms with Crippen LogP contribution in [-0.4, -0.2) is 20.2 Å². The third-order valence-electron chi connectivity index (χ3n) is 2.21. The number of halogens is 3. The van der Waals surface area contributed by atoms with E-state index in [1.54, 1.807) is 0 Å². The van der Waals surface area contributed by atoms with E-state index in [0.717, 1.165) is 0 Å². The highest BCUT2D eigenvalue weighted by Gasteiger charge is 2.49. The molecule has 0 heterocycles. The summed E-state index contributed by atoms with van der Waals surface area (Å²) in [6, 6.07) is 2.84. The molecule has 0 N–H and O–H groups in total. The molecule has 0 aliphatic heterocycles. The molecule has 0 spiro atoms. The highest BCUT2D eigenvalue weighted by Crippen LogP contribution is 2.31. The third-order valence-corrected chi connectivity index (χ3v) is 3.16. The van der Waals surface area contributed by atoms with Crippen LogP contribution in [0.15, 0.2) is 12.1 Å². The van der Waals surface area contributed by atoms with Crippen LogP contribution >= 0.6 is 0 Å². The Morgan fingerprint density at radius 2 is 1.67 bits per heavy atom. The monoisotopic (exact) mass is 282 g/mol. The average molecular weight is 282 g/mol. The van der Waals surface area contributed by atoms with E-state index in [1.807, 2.05) is 0 Å². The molecule has 0 fully saturated rings. The zero-order valence-electron chi connectivity index (χ0n) is 9.41. The minimum absolute atomic E-state index is 0.121. The van der Waals surface area contributed by atoms with Gasteiger partial charge in [-0.2, -0.15) is 21.6 Å². The second kappa shape index (κ2) is 4.60. The SMILES string of the molecule is Cc1ccc(C)c(OS(=O)(=O)C(F)(F)F)c1C=O. The highest BCUT2D eigenvalue weighted by atomic mass is 32.2. The molecule has 0 bridgehead atoms. The van der Waals surface area contributed by atoms with Crippen molar-refractivity contribution in [2.45, 2.75) is 19.4 Å². The molecule has 1 rings (SSSR count). The fourth-order valence-corrected chi connectivity index (χ4v) is 1.76. The highest BCUT2D eigenvalue weighted by molar-refractivity contribution is 7.88. The van der Waals surface area contributed by atoms with Crippen LogP contribution < -0.4 is 4.18 Å². The summed E-state index contributed by atoms with van der Waals surface area (Å²) in [5.74, 6) is -0.595. The number of hydrogen-bond donors (Lipinski definition) is 0. The maximum Gasteiger partial charge on any atom is 0.534 e. The Bertz CT molecular complexity index is 576. The number of aldehydes is 1. The average Bonchev–Trinajstić information content (AvgIpc) is 2.22. The molecule has 0 radical (unpaired) electrons. The molecule has 8 heteroatoms. The van der Waals surface area contributed by atoms with Gasteiger partial charge in [0.05, 0.1) is 5.56 Å². The molecule has 0 saturated carbocycles. The number of hydrogen-bond acceptors (Lipinski definition) is 4. The molecular weight excluding hydrogens is 273 g/mol. The van der Waals surface area contributed by atoms with E-state index in [-0.39, 0.29) is 17.4 Å². The van der Waals surface area contributed by atoms with E-state index >= 15 is 0 Å². The molecule has 18 heavy (non-hydrogen) atoms. The van der Waals surface area contributed by atoms with Gasteiger partial charge in [-0.3, -0.25) is 4.79 Å². The maximum absolute atomic E-state index is 12.2. The Morgan fingerprint density at radius 1 is 1.17 bits per heavy atom. The molecule has 4 nitrogen and oxygen atoms in total. The van der Waals surface area contributed by atoms with E-state index in [4.69, 9.17) is 0 Å². The zero-order valence-corrected chi connectivity index (χ0v) is 10.2. The van der Waals surface area contributed by atoms with Crippen LogP contribution in [0.25, 0.3) is 0 Å². The fourth-order valence-electron chi connectivity index (χ4n) is 1.22. The van der Waals surface area contributed by atoms with Crippen molar-refractivity contribution in [1.82, 2.24) is 0 Å². The lowest BCUT2D eigenvalue weighted by atomic mass is 10.1. The van der Waals surface area contributed by atoms with Gasteiger partial charge in [0.2, 0.25) is 0 Å². The number of carbonyl (C=O) groups is 1. The van der Waals surface area contributed by atoms with Crippen LogP contribution in [0.3, 0.4) is 0 Å². The topological polar surface area (TPSA) is 60.4 Å². The van der Waals surface area contributed by atoms with Crippen molar-refractivity contribution in [3.63, 3.8) is 0 Å². The Hall–Kier alpha value is -1.57. The van der Waals surface area contributed by atoms with Gasteiger partial charge < -0.3 is 4.18 Å². The van der Waals surface area contributed by atoms with Crippen molar-refractivity contribution in [1.29, 1.82) is 0 Å². The second-order valence-corrected chi connectivity index (χ2v) is 5.08. The van der Waals surface area contributed by atoms with Gasteiger partial charge in [-0.05, 0) is 25.0 Å². The summed E-state index contributed by atoms with van der Waals surface area (Å²) in [6.45, 7) is 2.80. The van der Waals surface area contributed by atoms with Crippen LogP contribution in [0.2, 0.25) is 0 Å². The Balaban J connectivity index is 3.37. The van der Waals surface area contributed by atoms with Crippen LogP contribution in [-0.2, 0) is 10.1 Å². The van der Waals surface area contributed by atoms with Crippen LogP contribution in [0.5, 0.6) is 5.75 Å². The normalized spacial score (nSPS) is 12.3. The van der Waals surface area contributed by atoms with Gasteiger partial charge in [0.15, 0.2) is 12.0 Å². The minimum Gasteiger partial charge on any atom is -0.375 e. The number of carbonyl (C=O) groups excluding carboxylic acids is 1. The van der Waals surface area contributed by atoms with E-state index < -0.39 is 21.4 Å². The maximum atomic E-state index is 12.2. The Kier molecular flexibility index (Phi) is 3.70. The van der Waals surface area contributed by atoms with Crippen LogP contribution in [0.1, 0.15) is 21.5 Å². The Labute approximate surface area is 101 Å². The quantitative estimate of drug-likeness (QED) is 0.485. The first-order valence-electron chi connectivity index (χ1n) is 4.66. The lowest BCUT2D eigenvalue weighted by Crippen LogP contribution is -2.28. The first-order chi connectivity index (χ1) is 8.10. The molecule has 1 aromatic carbocycles. The molecule has 0 aliphatic rings. The van der Waals surface area contributed by atoms with Gasteiger partial charge in [-0.1, -0.05) is 12.1 Å². The van der Waals surface area contributed by atoms with Gasteiger partial charge in [-0.25, -0.2) is 0 Å². The first-order valence-corrected chi connectivity index (χ1v) is 6.07. The number of benzene rings is 1. The summed E-state index contributed by atoms with van der Waals surface area (Å²) in [7, 11) is -5.78. The number of rotatable bonds is 3. The van der Waals surface area contributed by atoms with Crippen LogP contribution in [0.4, 0.5) is 13.2 Å². The van der Waals surface area contributed by atoms with Crippen molar-refractivity contribution in [2.75, 3.05) is 0 Å². The molecule has 0 aromatic heterocycles. The standard InChI is InChI=1S/C10H9F3O4S/c1-6-3-4-7(2)9(8(6)5-14)17-18(15,16)10(11,12)13/h3-5H,1-2H3. The molecular formula is C10H9F3O4S.